The molecule has 0 bridgehead atoms. The highest BCUT2D eigenvalue weighted by molar-refractivity contribution is 8.67. The first-order valence-corrected chi connectivity index (χ1v) is 14.2. The largest absolute Gasteiger partial charge is 0.481 e. The Morgan fingerprint density at radius 2 is 1.31 bits per heavy atom. The second-order valence-corrected chi connectivity index (χ2v) is 14.1. The lowest BCUT2D eigenvalue weighted by Gasteiger charge is -2.23. The normalized spacial score (nSPS) is 12.2. The predicted octanol–water partition coefficient (Wildman–Crippen LogP) is 6.88. The van der Waals surface area contributed by atoms with Crippen LogP contribution in [0.25, 0.3) is 0 Å². The van der Waals surface area contributed by atoms with Crippen LogP contribution in [0.5, 0.6) is 0 Å². The van der Waals surface area contributed by atoms with Gasteiger partial charge in [0.15, 0.2) is 0 Å². The van der Waals surface area contributed by atoms with Crippen molar-refractivity contribution in [2.45, 2.75) is 85.5 Å². The minimum absolute atomic E-state index is 0.306. The molecule has 0 aromatic heterocycles. The SMILES string of the molecule is CC(C)COP(=S)(OCC(C)C)SCCCCCCCCCCC(=O)O. The average molecular weight is 427 g/mol. The number of carboxylic acids is 1. The van der Waals surface area contributed by atoms with E-state index in [-0.39, 0.29) is 0 Å². The van der Waals surface area contributed by atoms with Gasteiger partial charge in [-0.2, -0.15) is 0 Å². The van der Waals surface area contributed by atoms with Crippen molar-refractivity contribution in [3.8, 4) is 0 Å². The molecule has 0 aliphatic carbocycles. The van der Waals surface area contributed by atoms with Crippen molar-refractivity contribution in [3.63, 3.8) is 0 Å². The average Bonchev–Trinajstić information content (AvgIpc) is 2.56. The quantitative estimate of drug-likeness (QED) is 0.190. The van der Waals surface area contributed by atoms with Crippen LogP contribution in [0, 0.1) is 11.8 Å². The molecule has 7 heteroatoms. The van der Waals surface area contributed by atoms with Gasteiger partial charge in [0.25, 0.3) is 0 Å². The summed E-state index contributed by atoms with van der Waals surface area (Å²) in [6.07, 6.45) is 9.34. The maximum atomic E-state index is 10.4. The van der Waals surface area contributed by atoms with Crippen molar-refractivity contribution in [3.05, 3.63) is 0 Å². The Balaban J connectivity index is 3.77. The van der Waals surface area contributed by atoms with Crippen molar-refractivity contribution >= 4 is 34.9 Å². The van der Waals surface area contributed by atoms with Gasteiger partial charge in [-0.25, -0.2) is 0 Å². The lowest BCUT2D eigenvalue weighted by molar-refractivity contribution is -0.137. The monoisotopic (exact) mass is 426 g/mol. The minimum Gasteiger partial charge on any atom is -0.481 e. The van der Waals surface area contributed by atoms with Gasteiger partial charge in [-0.15, -0.1) is 0 Å². The highest BCUT2D eigenvalue weighted by atomic mass is 32.9. The molecule has 0 amide bonds. The van der Waals surface area contributed by atoms with Gasteiger partial charge in [0.1, 0.15) is 0 Å². The number of hydrogen-bond donors (Lipinski definition) is 1. The highest BCUT2D eigenvalue weighted by Crippen LogP contribution is 2.61. The third-order valence-corrected chi connectivity index (χ3v) is 9.09. The second-order valence-electron chi connectivity index (χ2n) is 7.63. The van der Waals surface area contributed by atoms with E-state index in [0.29, 0.717) is 31.5 Å². The Morgan fingerprint density at radius 1 is 0.885 bits per heavy atom. The lowest BCUT2D eigenvalue weighted by Crippen LogP contribution is -2.05. The van der Waals surface area contributed by atoms with E-state index in [1.54, 1.807) is 11.4 Å². The van der Waals surface area contributed by atoms with Gasteiger partial charge in [0.2, 0.25) is 5.69 Å². The van der Waals surface area contributed by atoms with Gasteiger partial charge in [0.05, 0.1) is 13.2 Å². The molecule has 0 aromatic rings. The van der Waals surface area contributed by atoms with Crippen LogP contribution in [0.4, 0.5) is 0 Å². The van der Waals surface area contributed by atoms with Crippen molar-refractivity contribution < 1.29 is 18.9 Å². The molecule has 26 heavy (non-hydrogen) atoms. The molecule has 0 saturated carbocycles. The van der Waals surface area contributed by atoms with E-state index < -0.39 is 11.7 Å². The fourth-order valence-corrected chi connectivity index (χ4v) is 6.86. The Morgan fingerprint density at radius 3 is 1.73 bits per heavy atom. The van der Waals surface area contributed by atoms with Gasteiger partial charge >= 0.3 is 5.97 Å². The second kappa shape index (κ2) is 16.4. The molecule has 0 rings (SSSR count). The summed E-state index contributed by atoms with van der Waals surface area (Å²) in [4.78, 5) is 10.4. The summed E-state index contributed by atoms with van der Waals surface area (Å²) < 4.78 is 11.9. The molecule has 0 atom stereocenters. The zero-order valence-electron chi connectivity index (χ0n) is 17.1. The molecular weight excluding hydrogens is 387 g/mol. The lowest BCUT2D eigenvalue weighted by atomic mass is 10.1. The van der Waals surface area contributed by atoms with Crippen LogP contribution < -0.4 is 0 Å². The van der Waals surface area contributed by atoms with E-state index in [9.17, 15) is 4.79 Å². The predicted molar refractivity (Wildman–Crippen MR) is 118 cm³/mol. The molecule has 156 valence electrons. The van der Waals surface area contributed by atoms with Gasteiger partial charge in [-0.05, 0) is 36.5 Å². The fraction of sp³-hybridized carbons (Fsp3) is 0.947. The minimum atomic E-state index is -2.21. The molecule has 0 aromatic carbocycles. The van der Waals surface area contributed by atoms with Crippen LogP contribution in [0.15, 0.2) is 0 Å². The topological polar surface area (TPSA) is 55.8 Å². The Bertz CT molecular complexity index is 387. The molecule has 4 nitrogen and oxygen atoms in total. The Hall–Kier alpha value is 0.390. The molecule has 0 unspecified atom stereocenters. The van der Waals surface area contributed by atoms with Crippen LogP contribution in [-0.4, -0.2) is 30.0 Å². The first-order chi connectivity index (χ1) is 12.2. The van der Waals surface area contributed by atoms with Gasteiger partial charge in [-0.3, -0.25) is 4.79 Å². The smallest absolute Gasteiger partial charge is 0.303 e. The van der Waals surface area contributed by atoms with E-state index in [2.05, 4.69) is 27.7 Å². The van der Waals surface area contributed by atoms with E-state index in [4.69, 9.17) is 26.0 Å². The van der Waals surface area contributed by atoms with Crippen LogP contribution in [0.1, 0.15) is 85.5 Å². The number of rotatable bonds is 18. The molecule has 0 aliphatic heterocycles. The van der Waals surface area contributed by atoms with Crippen molar-refractivity contribution in [2.75, 3.05) is 19.0 Å². The zero-order valence-corrected chi connectivity index (χ0v) is 19.6. The summed E-state index contributed by atoms with van der Waals surface area (Å²) in [5.41, 5.74) is -2.21. The number of unbranched alkanes of at least 4 members (excludes halogenated alkanes) is 7. The van der Waals surface area contributed by atoms with Crippen molar-refractivity contribution in [2.24, 2.45) is 11.8 Å². The summed E-state index contributed by atoms with van der Waals surface area (Å²) in [7, 11) is 0. The maximum Gasteiger partial charge on any atom is 0.303 e. The molecule has 1 N–H and O–H groups in total. The molecule has 0 radical (unpaired) electrons. The van der Waals surface area contributed by atoms with Crippen molar-refractivity contribution in [1.29, 1.82) is 0 Å². The Labute approximate surface area is 170 Å². The van der Waals surface area contributed by atoms with Crippen molar-refractivity contribution in [1.82, 2.24) is 0 Å². The number of carboxylic acid groups (broad SMARTS) is 1. The number of carbonyl (C=O) groups is 1. The molecular formula is C19H39O4PS2. The number of aliphatic carboxylic acids is 1. The van der Waals surface area contributed by atoms with E-state index in [0.717, 1.165) is 31.4 Å². The third kappa shape index (κ3) is 17.8. The molecule has 0 heterocycles. The molecule has 0 spiro atoms. The summed E-state index contributed by atoms with van der Waals surface area (Å²) in [6.45, 7) is 9.88. The van der Waals surface area contributed by atoms with E-state index in [1.165, 1.54) is 25.7 Å². The van der Waals surface area contributed by atoms with Gasteiger partial charge < -0.3 is 14.2 Å². The zero-order chi connectivity index (χ0) is 19.8. The van der Waals surface area contributed by atoms with Crippen LogP contribution in [-0.2, 0) is 25.6 Å². The first kappa shape index (κ1) is 26.4. The standard InChI is InChI=1S/C19H39O4PS2/c1-17(2)15-22-24(25,23-16-18(3)4)26-14-12-10-8-6-5-7-9-11-13-19(20)21/h17-18H,5-16H2,1-4H3,(H,20,21). The van der Waals surface area contributed by atoms with Gasteiger partial charge in [0, 0.05) is 12.2 Å². The van der Waals surface area contributed by atoms with Crippen LogP contribution in [0.2, 0.25) is 0 Å². The Kier molecular flexibility index (Phi) is 16.6. The van der Waals surface area contributed by atoms with Crippen LogP contribution in [0.3, 0.4) is 0 Å². The summed E-state index contributed by atoms with van der Waals surface area (Å²) in [5.74, 6) is 1.26. The van der Waals surface area contributed by atoms with E-state index in [1.807, 2.05) is 0 Å². The van der Waals surface area contributed by atoms with E-state index >= 15 is 0 Å². The summed E-state index contributed by atoms with van der Waals surface area (Å²) in [6, 6.07) is 0. The number of hydrogen-bond acceptors (Lipinski definition) is 5. The first-order valence-electron chi connectivity index (χ1n) is 10.0. The van der Waals surface area contributed by atoms with Gasteiger partial charge in [-0.1, -0.05) is 77.6 Å². The van der Waals surface area contributed by atoms with Crippen LogP contribution >= 0.6 is 17.1 Å². The third-order valence-electron chi connectivity index (χ3n) is 3.67. The molecule has 0 fully saturated rings. The molecule has 0 aliphatic rings. The highest BCUT2D eigenvalue weighted by Gasteiger charge is 2.21. The summed E-state index contributed by atoms with van der Waals surface area (Å²) in [5, 5.41) is 8.59. The maximum absolute atomic E-state index is 10.4. The fourth-order valence-electron chi connectivity index (χ4n) is 2.21. The molecule has 0 saturated heterocycles. The summed E-state index contributed by atoms with van der Waals surface area (Å²) >= 11 is 7.42.